The Morgan fingerprint density at radius 2 is 1.79 bits per heavy atom. The Balaban J connectivity index is 1.25. The number of nitrogens with zero attached hydrogens (tertiary/aromatic N) is 2. The predicted molar refractivity (Wildman–Crippen MR) is 126 cm³/mol. The molecule has 182 valence electrons. The minimum absolute atomic E-state index is 0.210. The lowest BCUT2D eigenvalue weighted by molar-refractivity contribution is 0.0526. The smallest absolute Gasteiger partial charge is 0.145 e. The summed E-state index contributed by atoms with van der Waals surface area (Å²) in [4.78, 5) is 6.44. The second kappa shape index (κ2) is 11.2. The van der Waals surface area contributed by atoms with E-state index in [0.29, 0.717) is 42.6 Å². The average Bonchev–Trinajstić information content (AvgIpc) is 2.83. The number of halogens is 3. The lowest BCUT2D eigenvalue weighted by Crippen LogP contribution is -2.38. The molecule has 1 aliphatic heterocycles. The van der Waals surface area contributed by atoms with Gasteiger partial charge >= 0.3 is 0 Å². The third kappa shape index (κ3) is 6.07. The summed E-state index contributed by atoms with van der Waals surface area (Å²) in [6, 6.07) is 9.09. The van der Waals surface area contributed by atoms with Crippen LogP contribution in [0.3, 0.4) is 0 Å². The number of aromatic nitrogens is 1. The maximum absolute atomic E-state index is 14.5. The highest BCUT2D eigenvalue weighted by Crippen LogP contribution is 2.28. The fourth-order valence-electron chi connectivity index (χ4n) is 4.91. The quantitative estimate of drug-likeness (QED) is 0.459. The molecular weight excluding hydrogens is 441 g/mol. The highest BCUT2D eigenvalue weighted by molar-refractivity contribution is 5.83. The van der Waals surface area contributed by atoms with Crippen molar-refractivity contribution in [1.82, 2.24) is 9.88 Å². The van der Waals surface area contributed by atoms with Crippen LogP contribution in [0, 0.1) is 23.4 Å². The van der Waals surface area contributed by atoms with Gasteiger partial charge < -0.3 is 14.7 Å². The molecule has 4 rings (SSSR count). The topological polar surface area (TPSA) is 45.6 Å². The zero-order valence-electron chi connectivity index (χ0n) is 19.4. The number of methoxy groups -OCH3 is 1. The third-order valence-electron chi connectivity index (χ3n) is 6.88. The van der Waals surface area contributed by atoms with Crippen molar-refractivity contribution in [3.05, 3.63) is 71.2 Å². The van der Waals surface area contributed by atoms with Gasteiger partial charge in [-0.2, -0.15) is 0 Å². The Hall–Kier alpha value is -2.64. The van der Waals surface area contributed by atoms with E-state index >= 15 is 0 Å². The van der Waals surface area contributed by atoms with Crippen molar-refractivity contribution in [3.8, 4) is 5.75 Å². The maximum Gasteiger partial charge on any atom is 0.145 e. The van der Waals surface area contributed by atoms with Gasteiger partial charge in [-0.05, 0) is 99.0 Å². The van der Waals surface area contributed by atoms with Crippen molar-refractivity contribution in [2.75, 3.05) is 26.7 Å². The Morgan fingerprint density at radius 1 is 1.06 bits per heavy atom. The van der Waals surface area contributed by atoms with E-state index in [-0.39, 0.29) is 11.7 Å². The number of likely N-dealkylation sites (tertiary alicyclic amines) is 1. The zero-order valence-corrected chi connectivity index (χ0v) is 19.4. The first kappa shape index (κ1) is 24.5. The number of benzene rings is 2. The van der Waals surface area contributed by atoms with Crippen molar-refractivity contribution in [2.45, 2.75) is 44.6 Å². The van der Waals surface area contributed by atoms with Crippen LogP contribution in [0.5, 0.6) is 5.75 Å². The van der Waals surface area contributed by atoms with Gasteiger partial charge in [-0.25, -0.2) is 13.2 Å². The molecule has 2 heterocycles. The van der Waals surface area contributed by atoms with Gasteiger partial charge in [0.25, 0.3) is 0 Å². The molecule has 0 bridgehead atoms. The fourth-order valence-corrected chi connectivity index (χ4v) is 4.91. The molecule has 1 atom stereocenters. The Kier molecular flexibility index (Phi) is 8.06. The van der Waals surface area contributed by atoms with E-state index in [9.17, 15) is 18.3 Å². The van der Waals surface area contributed by atoms with Crippen molar-refractivity contribution >= 4 is 10.9 Å². The van der Waals surface area contributed by atoms with Gasteiger partial charge in [0, 0.05) is 18.0 Å². The summed E-state index contributed by atoms with van der Waals surface area (Å²) in [6.07, 6.45) is 5.00. The second-order valence-corrected chi connectivity index (χ2v) is 9.13. The molecule has 34 heavy (non-hydrogen) atoms. The summed E-state index contributed by atoms with van der Waals surface area (Å²) >= 11 is 0. The Bertz CT molecular complexity index is 1100. The number of aliphatic hydroxyl groups excluding tert-OH is 1. The number of hydrogen-bond donors (Lipinski definition) is 1. The van der Waals surface area contributed by atoms with E-state index in [0.717, 1.165) is 49.4 Å². The van der Waals surface area contributed by atoms with Crippen LogP contribution < -0.4 is 4.74 Å². The molecule has 1 aromatic heterocycles. The first-order chi connectivity index (χ1) is 16.4. The molecular formula is C27H31F3N2O2. The molecule has 1 N–H and O–H groups in total. The lowest BCUT2D eigenvalue weighted by atomic mass is 9.88. The molecule has 1 aliphatic rings. The van der Waals surface area contributed by atoms with Crippen LogP contribution in [-0.2, 0) is 12.8 Å². The van der Waals surface area contributed by atoms with Gasteiger partial charge in [0.15, 0.2) is 0 Å². The number of aryl methyl sites for hydroxylation is 1. The van der Waals surface area contributed by atoms with Crippen LogP contribution in [0.15, 0.2) is 42.6 Å². The molecule has 1 saturated heterocycles. The van der Waals surface area contributed by atoms with E-state index in [4.69, 9.17) is 4.74 Å². The number of fused-ring (bicyclic) bond motifs is 1. The van der Waals surface area contributed by atoms with Gasteiger partial charge in [0.05, 0.1) is 24.9 Å². The SMILES string of the molecule is COc1ccc2ncc(F)c(CCCC(O)C3CCN(CCc4cc(F)cc(F)c4)CC3)c2c1. The van der Waals surface area contributed by atoms with Crippen molar-refractivity contribution in [2.24, 2.45) is 5.92 Å². The van der Waals surface area contributed by atoms with Crippen LogP contribution in [0.1, 0.15) is 36.8 Å². The number of hydrogen-bond acceptors (Lipinski definition) is 4. The molecule has 3 aromatic rings. The van der Waals surface area contributed by atoms with E-state index in [1.807, 2.05) is 18.2 Å². The molecule has 0 aliphatic carbocycles. The number of aliphatic hydroxyl groups is 1. The fraction of sp³-hybridized carbons (Fsp3) is 0.444. The standard InChI is InChI=1S/C27H31F3N2O2/c1-34-22-5-6-26-24(16-22)23(25(30)17-31-26)3-2-4-27(33)19-8-11-32(12-9-19)10-7-18-13-20(28)15-21(29)14-18/h5-6,13-17,19,27,33H,2-4,7-12H2,1H3. The van der Waals surface area contributed by atoms with Gasteiger partial charge in [-0.1, -0.05) is 0 Å². The van der Waals surface area contributed by atoms with Crippen LogP contribution >= 0.6 is 0 Å². The van der Waals surface area contributed by atoms with Crippen LogP contribution in [0.2, 0.25) is 0 Å². The van der Waals surface area contributed by atoms with Crippen molar-refractivity contribution in [1.29, 1.82) is 0 Å². The molecule has 7 heteroatoms. The van der Waals surface area contributed by atoms with E-state index in [1.165, 1.54) is 18.3 Å². The molecule has 2 aromatic carbocycles. The van der Waals surface area contributed by atoms with Gasteiger partial charge in [-0.15, -0.1) is 0 Å². The summed E-state index contributed by atoms with van der Waals surface area (Å²) in [7, 11) is 1.58. The van der Waals surface area contributed by atoms with Crippen LogP contribution in [-0.4, -0.2) is 47.8 Å². The molecule has 0 saturated carbocycles. The van der Waals surface area contributed by atoms with Gasteiger partial charge in [0.2, 0.25) is 0 Å². The summed E-state index contributed by atoms with van der Waals surface area (Å²) in [5.41, 5.74) is 2.00. The largest absolute Gasteiger partial charge is 0.497 e. The Labute approximate surface area is 198 Å². The first-order valence-corrected chi connectivity index (χ1v) is 11.9. The van der Waals surface area contributed by atoms with Crippen LogP contribution in [0.4, 0.5) is 13.2 Å². The van der Waals surface area contributed by atoms with Gasteiger partial charge in [-0.3, -0.25) is 4.98 Å². The first-order valence-electron chi connectivity index (χ1n) is 11.9. The average molecular weight is 473 g/mol. The molecule has 1 fully saturated rings. The van der Waals surface area contributed by atoms with Crippen molar-refractivity contribution < 1.29 is 23.0 Å². The number of rotatable bonds is 9. The maximum atomic E-state index is 14.5. The molecule has 1 unspecified atom stereocenters. The minimum Gasteiger partial charge on any atom is -0.497 e. The number of piperidine rings is 1. The van der Waals surface area contributed by atoms with Gasteiger partial charge in [0.1, 0.15) is 23.2 Å². The highest BCUT2D eigenvalue weighted by atomic mass is 19.1. The van der Waals surface area contributed by atoms with E-state index < -0.39 is 17.7 Å². The molecule has 0 spiro atoms. The summed E-state index contributed by atoms with van der Waals surface area (Å²) in [6.45, 7) is 2.44. The normalized spacial score (nSPS) is 16.1. The molecule has 0 radical (unpaired) electrons. The second-order valence-electron chi connectivity index (χ2n) is 9.13. The van der Waals surface area contributed by atoms with E-state index in [1.54, 1.807) is 7.11 Å². The number of pyridine rings is 1. The Morgan fingerprint density at radius 3 is 2.50 bits per heavy atom. The monoisotopic (exact) mass is 472 g/mol. The lowest BCUT2D eigenvalue weighted by Gasteiger charge is -2.34. The zero-order chi connectivity index (χ0) is 24.1. The predicted octanol–water partition coefficient (Wildman–Crippen LogP) is 5.30. The summed E-state index contributed by atoms with van der Waals surface area (Å²) < 4.78 is 46.5. The highest BCUT2D eigenvalue weighted by Gasteiger charge is 2.25. The van der Waals surface area contributed by atoms with Crippen molar-refractivity contribution in [3.63, 3.8) is 0 Å². The molecule has 4 nitrogen and oxygen atoms in total. The number of ether oxygens (including phenoxy) is 1. The molecule has 0 amide bonds. The van der Waals surface area contributed by atoms with E-state index in [2.05, 4.69) is 9.88 Å². The summed E-state index contributed by atoms with van der Waals surface area (Å²) in [5, 5.41) is 11.5. The third-order valence-corrected chi connectivity index (χ3v) is 6.88. The summed E-state index contributed by atoms with van der Waals surface area (Å²) in [5.74, 6) is -0.551. The van der Waals surface area contributed by atoms with Crippen LogP contribution in [0.25, 0.3) is 10.9 Å². The minimum atomic E-state index is -0.546.